The number of piperazine rings is 1. The zero-order valence-electron chi connectivity index (χ0n) is 15.9. The number of hydrogen-bond acceptors (Lipinski definition) is 5. The van der Waals surface area contributed by atoms with Gasteiger partial charge >= 0.3 is 0 Å². The first-order chi connectivity index (χ1) is 14.1. The maximum absolute atomic E-state index is 14.3. The Bertz CT molecular complexity index is 1170. The van der Waals surface area contributed by atoms with Gasteiger partial charge in [0.05, 0.1) is 28.4 Å². The molecule has 4 rings (SSSR count). The first-order valence-corrected chi connectivity index (χ1v) is 9.39. The van der Waals surface area contributed by atoms with Crippen LogP contribution in [0.25, 0.3) is 17.1 Å². The summed E-state index contributed by atoms with van der Waals surface area (Å²) in [4.78, 5) is 23.6. The van der Waals surface area contributed by atoms with Gasteiger partial charge in [-0.15, -0.1) is 0 Å². The molecule has 0 radical (unpaired) electrons. The predicted octanol–water partition coefficient (Wildman–Crippen LogP) is 2.90. The second kappa shape index (κ2) is 7.86. The predicted molar refractivity (Wildman–Crippen MR) is 111 cm³/mol. The van der Waals surface area contributed by atoms with Crippen LogP contribution in [0.2, 0.25) is 0 Å². The van der Waals surface area contributed by atoms with Gasteiger partial charge in [0.2, 0.25) is 0 Å². The van der Waals surface area contributed by atoms with Crippen molar-refractivity contribution in [2.45, 2.75) is 6.54 Å². The third-order valence-electron chi connectivity index (χ3n) is 5.19. The summed E-state index contributed by atoms with van der Waals surface area (Å²) in [5.74, 6) is -0.362. The first kappa shape index (κ1) is 18.8. The number of nitriles is 1. The van der Waals surface area contributed by atoms with E-state index in [4.69, 9.17) is 5.26 Å². The summed E-state index contributed by atoms with van der Waals surface area (Å²) in [6.07, 6.45) is 3.34. The van der Waals surface area contributed by atoms with E-state index in [1.54, 1.807) is 18.2 Å². The molecule has 3 aromatic rings. The molecule has 2 aromatic heterocycles. The number of H-pyrrole nitrogens is 1. The Labute approximate surface area is 167 Å². The van der Waals surface area contributed by atoms with E-state index in [-0.39, 0.29) is 11.4 Å². The molecular formula is C22H20FN5O. The van der Waals surface area contributed by atoms with Crippen LogP contribution < -0.4 is 10.5 Å². The highest BCUT2D eigenvalue weighted by Crippen LogP contribution is 2.22. The lowest BCUT2D eigenvalue weighted by Gasteiger charge is -2.36. The van der Waals surface area contributed by atoms with E-state index in [0.717, 1.165) is 24.2 Å². The minimum atomic E-state index is -0.362. The number of aromatic amines is 1. The maximum Gasteiger partial charge on any atom is 0.255 e. The number of nitrogens with zero attached hydrogens (tertiary/aromatic N) is 4. The van der Waals surface area contributed by atoms with Gasteiger partial charge in [-0.25, -0.2) is 4.39 Å². The van der Waals surface area contributed by atoms with E-state index in [1.807, 2.05) is 23.2 Å². The summed E-state index contributed by atoms with van der Waals surface area (Å²) >= 11 is 0. The highest BCUT2D eigenvalue weighted by atomic mass is 19.1. The molecule has 3 heterocycles. The minimum absolute atomic E-state index is 0.176. The zero-order chi connectivity index (χ0) is 20.4. The van der Waals surface area contributed by atoms with E-state index in [1.165, 1.54) is 12.1 Å². The number of pyridine rings is 2. The molecule has 0 spiro atoms. The standard InChI is InChI=1S/C22H20FN5O/c1-2-17-11-19-20(26-22(17)29)10-16(13-25-19)14-27-5-7-28(8-6-27)21-4-3-15(12-24)9-18(21)23/h2-4,9-11,13H,1,5-8,14H2,(H,26,29). The number of fused-ring (bicyclic) bond motifs is 1. The molecule has 0 bridgehead atoms. The first-order valence-electron chi connectivity index (χ1n) is 9.39. The molecule has 1 aliphatic rings. The average molecular weight is 389 g/mol. The van der Waals surface area contributed by atoms with Crippen molar-refractivity contribution in [2.24, 2.45) is 0 Å². The van der Waals surface area contributed by atoms with Gasteiger partial charge in [-0.3, -0.25) is 14.7 Å². The van der Waals surface area contributed by atoms with Gasteiger partial charge in [-0.2, -0.15) is 5.26 Å². The van der Waals surface area contributed by atoms with Crippen molar-refractivity contribution >= 4 is 22.8 Å². The molecule has 1 aromatic carbocycles. The van der Waals surface area contributed by atoms with Crippen LogP contribution in [-0.4, -0.2) is 41.0 Å². The second-order valence-corrected chi connectivity index (χ2v) is 7.08. The van der Waals surface area contributed by atoms with Crippen LogP contribution in [0.5, 0.6) is 0 Å². The molecule has 1 N–H and O–H groups in total. The van der Waals surface area contributed by atoms with E-state index >= 15 is 0 Å². The summed E-state index contributed by atoms with van der Waals surface area (Å²) in [5.41, 5.74) is 3.63. The average Bonchev–Trinajstić information content (AvgIpc) is 2.74. The number of benzene rings is 1. The van der Waals surface area contributed by atoms with Gasteiger partial charge in [-0.05, 0) is 35.9 Å². The lowest BCUT2D eigenvalue weighted by atomic mass is 10.1. The Balaban J connectivity index is 1.44. The van der Waals surface area contributed by atoms with Crippen molar-refractivity contribution in [3.63, 3.8) is 0 Å². The Morgan fingerprint density at radius 1 is 1.24 bits per heavy atom. The number of anilines is 1. The lowest BCUT2D eigenvalue weighted by molar-refractivity contribution is 0.249. The van der Waals surface area contributed by atoms with Crippen molar-refractivity contribution < 1.29 is 4.39 Å². The summed E-state index contributed by atoms with van der Waals surface area (Å²) < 4.78 is 14.3. The van der Waals surface area contributed by atoms with Crippen LogP contribution in [0.1, 0.15) is 16.7 Å². The number of rotatable bonds is 4. The summed E-state index contributed by atoms with van der Waals surface area (Å²) in [7, 11) is 0. The van der Waals surface area contributed by atoms with Gasteiger partial charge < -0.3 is 9.88 Å². The molecule has 1 fully saturated rings. The number of halogens is 1. The fourth-order valence-electron chi connectivity index (χ4n) is 3.62. The van der Waals surface area contributed by atoms with Gasteiger partial charge in [0.1, 0.15) is 5.82 Å². The molecule has 29 heavy (non-hydrogen) atoms. The Hall–Kier alpha value is -3.50. The highest BCUT2D eigenvalue weighted by Gasteiger charge is 2.20. The molecule has 7 heteroatoms. The van der Waals surface area contributed by atoms with Gasteiger partial charge in [-0.1, -0.05) is 12.7 Å². The number of aromatic nitrogens is 2. The normalized spacial score (nSPS) is 14.7. The molecule has 0 atom stereocenters. The summed E-state index contributed by atoms with van der Waals surface area (Å²) in [5, 5.41) is 8.88. The maximum atomic E-state index is 14.3. The fourth-order valence-corrected chi connectivity index (χ4v) is 3.62. The Kier molecular flexibility index (Phi) is 5.10. The largest absolute Gasteiger partial charge is 0.367 e. The lowest BCUT2D eigenvalue weighted by Crippen LogP contribution is -2.46. The van der Waals surface area contributed by atoms with Gasteiger partial charge in [0, 0.05) is 44.5 Å². The fraction of sp³-hybridized carbons (Fsp3) is 0.227. The Morgan fingerprint density at radius 2 is 2.03 bits per heavy atom. The van der Waals surface area contributed by atoms with Crippen molar-refractivity contribution in [3.8, 4) is 6.07 Å². The molecule has 146 valence electrons. The molecule has 0 saturated carbocycles. The SMILES string of the molecule is C=Cc1cc2ncc(CN3CCN(c4ccc(C#N)cc4F)CC3)cc2[nH]c1=O. The van der Waals surface area contributed by atoms with Crippen LogP contribution in [-0.2, 0) is 6.54 Å². The van der Waals surface area contributed by atoms with Crippen LogP contribution in [0.15, 0.2) is 47.9 Å². The molecule has 0 amide bonds. The zero-order valence-corrected chi connectivity index (χ0v) is 15.9. The van der Waals surface area contributed by atoms with Crippen molar-refractivity contribution in [1.82, 2.24) is 14.9 Å². The smallest absolute Gasteiger partial charge is 0.255 e. The molecule has 6 nitrogen and oxygen atoms in total. The highest BCUT2D eigenvalue weighted by molar-refractivity contribution is 5.76. The molecule has 1 saturated heterocycles. The van der Waals surface area contributed by atoms with Crippen LogP contribution >= 0.6 is 0 Å². The van der Waals surface area contributed by atoms with E-state index < -0.39 is 0 Å². The molecular weight excluding hydrogens is 369 g/mol. The van der Waals surface area contributed by atoms with E-state index in [0.29, 0.717) is 42.0 Å². The molecule has 1 aliphatic heterocycles. The monoisotopic (exact) mass is 389 g/mol. The Morgan fingerprint density at radius 3 is 2.72 bits per heavy atom. The van der Waals surface area contributed by atoms with E-state index in [9.17, 15) is 9.18 Å². The quantitative estimate of drug-likeness (QED) is 0.743. The third-order valence-corrected chi connectivity index (χ3v) is 5.19. The second-order valence-electron chi connectivity index (χ2n) is 7.08. The van der Waals surface area contributed by atoms with Crippen molar-refractivity contribution in [2.75, 3.05) is 31.1 Å². The van der Waals surface area contributed by atoms with Crippen molar-refractivity contribution in [3.05, 3.63) is 76.0 Å². The third kappa shape index (κ3) is 3.89. The van der Waals surface area contributed by atoms with Crippen LogP contribution in [0.4, 0.5) is 10.1 Å². The van der Waals surface area contributed by atoms with Crippen LogP contribution in [0, 0.1) is 17.1 Å². The molecule has 0 unspecified atom stereocenters. The summed E-state index contributed by atoms with van der Waals surface area (Å²) in [6.45, 7) is 7.30. The minimum Gasteiger partial charge on any atom is -0.367 e. The van der Waals surface area contributed by atoms with Crippen LogP contribution in [0.3, 0.4) is 0 Å². The number of hydrogen-bond donors (Lipinski definition) is 1. The number of nitrogens with one attached hydrogen (secondary N) is 1. The summed E-state index contributed by atoms with van der Waals surface area (Å²) in [6, 6.07) is 10.2. The van der Waals surface area contributed by atoms with Crippen molar-refractivity contribution in [1.29, 1.82) is 5.26 Å². The van der Waals surface area contributed by atoms with Gasteiger partial charge in [0.15, 0.2) is 0 Å². The van der Waals surface area contributed by atoms with Gasteiger partial charge in [0.25, 0.3) is 5.56 Å². The molecule has 0 aliphatic carbocycles. The topological polar surface area (TPSA) is 76.0 Å². The van der Waals surface area contributed by atoms with E-state index in [2.05, 4.69) is 21.4 Å².